The molecule has 0 atom stereocenters. The van der Waals surface area contributed by atoms with Gasteiger partial charge in [-0.3, -0.25) is 4.79 Å². The van der Waals surface area contributed by atoms with Gasteiger partial charge in [-0.1, -0.05) is 56.0 Å². The molecule has 0 saturated carbocycles. The molecule has 0 aliphatic heterocycles. The number of amides is 1. The van der Waals surface area contributed by atoms with Gasteiger partial charge in [-0.05, 0) is 48.7 Å². The molecule has 4 heteroatoms. The Hall–Kier alpha value is -2.62. The highest BCUT2D eigenvalue weighted by molar-refractivity contribution is 5.83. The fraction of sp³-hybridized carbons (Fsp3) is 0.364. The van der Waals surface area contributed by atoms with Crippen LogP contribution in [0.4, 0.5) is 0 Å². The molecule has 2 aromatic rings. The summed E-state index contributed by atoms with van der Waals surface area (Å²) in [6.45, 7) is 4.98. The van der Waals surface area contributed by atoms with E-state index in [0.29, 0.717) is 6.42 Å². The molecule has 0 radical (unpaired) electrons. The molecule has 2 rings (SSSR count). The number of aryl methyl sites for hydroxylation is 1. The monoisotopic (exact) mass is 352 g/mol. The number of nitrogens with one attached hydrogen (secondary N) is 1. The zero-order valence-electron chi connectivity index (χ0n) is 15.7. The van der Waals surface area contributed by atoms with Crippen molar-refractivity contribution in [2.45, 2.75) is 46.0 Å². The van der Waals surface area contributed by atoms with Gasteiger partial charge in [0.25, 0.3) is 0 Å². The molecule has 138 valence electrons. The summed E-state index contributed by atoms with van der Waals surface area (Å²) in [6.07, 6.45) is 6.75. The van der Waals surface area contributed by atoms with Crippen molar-refractivity contribution >= 4 is 12.1 Å². The van der Waals surface area contributed by atoms with Crippen molar-refractivity contribution in [1.82, 2.24) is 5.43 Å². The minimum atomic E-state index is -0.128. The number of rotatable bonds is 10. The lowest BCUT2D eigenvalue weighted by Gasteiger charge is -2.06. The van der Waals surface area contributed by atoms with E-state index in [0.717, 1.165) is 29.9 Å². The summed E-state index contributed by atoms with van der Waals surface area (Å²) in [5.74, 6) is 0.735. The number of carbonyl (C=O) groups is 1. The number of hydrogen-bond acceptors (Lipinski definition) is 3. The second-order valence-electron chi connectivity index (χ2n) is 6.43. The maximum Gasteiger partial charge on any atom is 0.244 e. The number of hydrogen-bond donors (Lipinski definition) is 1. The van der Waals surface area contributed by atoms with Gasteiger partial charge in [-0.25, -0.2) is 5.43 Å². The fourth-order valence-electron chi connectivity index (χ4n) is 2.48. The van der Waals surface area contributed by atoms with Crippen molar-refractivity contribution in [2.75, 3.05) is 6.61 Å². The highest BCUT2D eigenvalue weighted by Gasteiger charge is 2.01. The van der Waals surface area contributed by atoms with Crippen LogP contribution in [0.1, 0.15) is 49.3 Å². The van der Waals surface area contributed by atoms with Gasteiger partial charge in [-0.15, -0.1) is 0 Å². The maximum atomic E-state index is 11.9. The van der Waals surface area contributed by atoms with Crippen LogP contribution in [0.25, 0.3) is 0 Å². The van der Waals surface area contributed by atoms with E-state index in [9.17, 15) is 4.79 Å². The average Bonchev–Trinajstić information content (AvgIpc) is 2.65. The van der Waals surface area contributed by atoms with Crippen molar-refractivity contribution in [3.63, 3.8) is 0 Å². The van der Waals surface area contributed by atoms with Crippen LogP contribution < -0.4 is 10.2 Å². The molecule has 0 spiro atoms. The molecule has 0 unspecified atom stereocenters. The minimum absolute atomic E-state index is 0.128. The summed E-state index contributed by atoms with van der Waals surface area (Å²) in [6, 6.07) is 15.6. The Morgan fingerprint density at radius 3 is 2.46 bits per heavy atom. The first kappa shape index (κ1) is 19.7. The Labute approximate surface area is 156 Å². The summed E-state index contributed by atoms with van der Waals surface area (Å²) in [5, 5.41) is 4.02. The smallest absolute Gasteiger partial charge is 0.244 e. The Morgan fingerprint density at radius 2 is 1.77 bits per heavy atom. The molecular formula is C22H28N2O2. The minimum Gasteiger partial charge on any atom is -0.494 e. The number of benzene rings is 2. The van der Waals surface area contributed by atoms with E-state index in [1.807, 2.05) is 55.5 Å². The molecule has 0 aromatic heterocycles. The van der Waals surface area contributed by atoms with Crippen molar-refractivity contribution in [2.24, 2.45) is 5.10 Å². The standard InChI is InChI=1S/C22H28N2O2/c1-3-4-5-6-15-26-21-13-11-20(12-14-21)17-23-24-22(25)16-19-9-7-18(2)8-10-19/h7-14,17H,3-6,15-16H2,1-2H3,(H,24,25)/b23-17-. The maximum absolute atomic E-state index is 11.9. The van der Waals surface area contributed by atoms with Gasteiger partial charge >= 0.3 is 0 Å². The van der Waals surface area contributed by atoms with E-state index < -0.39 is 0 Å². The Balaban J connectivity index is 1.72. The van der Waals surface area contributed by atoms with Crippen LogP contribution in [0.2, 0.25) is 0 Å². The van der Waals surface area contributed by atoms with Gasteiger partial charge in [0.05, 0.1) is 19.2 Å². The van der Waals surface area contributed by atoms with Crippen LogP contribution in [0.5, 0.6) is 5.75 Å². The molecule has 0 fully saturated rings. The van der Waals surface area contributed by atoms with Crippen molar-refractivity contribution in [3.8, 4) is 5.75 Å². The molecule has 2 aromatic carbocycles. The van der Waals surface area contributed by atoms with Crippen LogP contribution >= 0.6 is 0 Å². The fourth-order valence-corrected chi connectivity index (χ4v) is 2.48. The predicted molar refractivity (Wildman–Crippen MR) is 107 cm³/mol. The molecule has 0 heterocycles. The number of unbranched alkanes of at least 4 members (excludes halogenated alkanes) is 3. The lowest BCUT2D eigenvalue weighted by Crippen LogP contribution is -2.19. The van der Waals surface area contributed by atoms with Crippen LogP contribution in [0.15, 0.2) is 53.6 Å². The lowest BCUT2D eigenvalue weighted by molar-refractivity contribution is -0.120. The Kier molecular flexibility index (Phi) is 8.40. The van der Waals surface area contributed by atoms with Crippen molar-refractivity contribution in [3.05, 3.63) is 65.2 Å². The van der Waals surface area contributed by atoms with E-state index in [2.05, 4.69) is 17.5 Å². The van der Waals surface area contributed by atoms with E-state index in [1.165, 1.54) is 24.8 Å². The third-order valence-corrected chi connectivity index (χ3v) is 4.03. The van der Waals surface area contributed by atoms with Gasteiger partial charge in [0.15, 0.2) is 0 Å². The largest absolute Gasteiger partial charge is 0.494 e. The molecule has 0 bridgehead atoms. The molecule has 1 amide bonds. The first-order chi connectivity index (χ1) is 12.7. The van der Waals surface area contributed by atoms with E-state index in [4.69, 9.17) is 4.74 Å². The second kappa shape index (κ2) is 11.1. The van der Waals surface area contributed by atoms with Crippen molar-refractivity contribution < 1.29 is 9.53 Å². The first-order valence-corrected chi connectivity index (χ1v) is 9.27. The van der Waals surface area contributed by atoms with Crippen LogP contribution in [0.3, 0.4) is 0 Å². The summed E-state index contributed by atoms with van der Waals surface area (Å²) in [7, 11) is 0. The lowest BCUT2D eigenvalue weighted by atomic mass is 10.1. The number of ether oxygens (including phenoxy) is 1. The molecule has 0 saturated heterocycles. The quantitative estimate of drug-likeness (QED) is 0.384. The molecule has 0 aliphatic carbocycles. The molecule has 0 aliphatic rings. The number of hydrazone groups is 1. The summed E-state index contributed by atoms with van der Waals surface area (Å²) >= 11 is 0. The number of nitrogens with zero attached hydrogens (tertiary/aromatic N) is 1. The predicted octanol–water partition coefficient (Wildman–Crippen LogP) is 4.65. The zero-order chi connectivity index (χ0) is 18.6. The average molecular weight is 352 g/mol. The molecule has 4 nitrogen and oxygen atoms in total. The molecule has 1 N–H and O–H groups in total. The Bertz CT molecular complexity index is 691. The van der Waals surface area contributed by atoms with Crippen molar-refractivity contribution in [1.29, 1.82) is 0 Å². The SMILES string of the molecule is CCCCCCOc1ccc(/C=N\NC(=O)Cc2ccc(C)cc2)cc1. The van der Waals surface area contributed by atoms with E-state index in [1.54, 1.807) is 6.21 Å². The zero-order valence-corrected chi connectivity index (χ0v) is 15.7. The highest BCUT2D eigenvalue weighted by atomic mass is 16.5. The van der Waals surface area contributed by atoms with Crippen LogP contribution in [0, 0.1) is 6.92 Å². The molecule has 26 heavy (non-hydrogen) atoms. The van der Waals surface area contributed by atoms with Gasteiger partial charge in [0, 0.05) is 0 Å². The number of carbonyl (C=O) groups excluding carboxylic acids is 1. The second-order valence-corrected chi connectivity index (χ2v) is 6.43. The van der Waals surface area contributed by atoms with E-state index in [-0.39, 0.29) is 5.91 Å². The normalized spacial score (nSPS) is 10.8. The van der Waals surface area contributed by atoms with Crippen LogP contribution in [-0.2, 0) is 11.2 Å². The summed E-state index contributed by atoms with van der Waals surface area (Å²) < 4.78 is 5.71. The molecular weight excluding hydrogens is 324 g/mol. The topological polar surface area (TPSA) is 50.7 Å². The third-order valence-electron chi connectivity index (χ3n) is 4.03. The summed E-state index contributed by atoms with van der Waals surface area (Å²) in [5.41, 5.74) is 5.63. The summed E-state index contributed by atoms with van der Waals surface area (Å²) in [4.78, 5) is 11.9. The van der Waals surface area contributed by atoms with Gasteiger partial charge in [0.1, 0.15) is 5.75 Å². The van der Waals surface area contributed by atoms with Gasteiger partial charge < -0.3 is 4.74 Å². The van der Waals surface area contributed by atoms with E-state index >= 15 is 0 Å². The first-order valence-electron chi connectivity index (χ1n) is 9.27. The third kappa shape index (κ3) is 7.51. The van der Waals surface area contributed by atoms with Gasteiger partial charge in [-0.2, -0.15) is 5.10 Å². The van der Waals surface area contributed by atoms with Gasteiger partial charge in [0.2, 0.25) is 5.91 Å². The van der Waals surface area contributed by atoms with Crippen LogP contribution in [-0.4, -0.2) is 18.7 Å². The highest BCUT2D eigenvalue weighted by Crippen LogP contribution is 2.12. The Morgan fingerprint density at radius 1 is 1.04 bits per heavy atom.